The molecule has 1 aliphatic carbocycles. The molecular formula is C53H36N2O. The van der Waals surface area contributed by atoms with Crippen LogP contribution in [0, 0.1) is 0 Å². The summed E-state index contributed by atoms with van der Waals surface area (Å²) in [6.45, 7) is 0. The average molecular weight is 717 g/mol. The summed E-state index contributed by atoms with van der Waals surface area (Å²) in [5, 5.41) is 6.05. The van der Waals surface area contributed by atoms with Crippen LogP contribution in [0.15, 0.2) is 210 Å². The van der Waals surface area contributed by atoms with E-state index in [0.29, 0.717) is 0 Å². The molecule has 2 heterocycles. The molecule has 3 heteroatoms. The van der Waals surface area contributed by atoms with Crippen LogP contribution in [0.25, 0.3) is 77.6 Å². The summed E-state index contributed by atoms with van der Waals surface area (Å²) in [6.07, 6.45) is 7.47. The molecule has 0 saturated heterocycles. The first-order valence-electron chi connectivity index (χ1n) is 19.2. The average Bonchev–Trinajstić information content (AvgIpc) is 3.70. The minimum absolute atomic E-state index is 0.742. The Labute approximate surface area is 325 Å². The number of nitrogens with zero attached hydrogens (tertiary/aromatic N) is 2. The van der Waals surface area contributed by atoms with E-state index < -0.39 is 0 Å². The topological polar surface area (TPSA) is 21.3 Å². The molecule has 8 aromatic carbocycles. The van der Waals surface area contributed by atoms with Gasteiger partial charge in [0, 0.05) is 50.9 Å². The molecule has 0 N–H and O–H groups in total. The molecule has 1 aliphatic rings. The molecule has 2 aromatic heterocycles. The van der Waals surface area contributed by atoms with Crippen LogP contribution in [-0.4, -0.2) is 4.57 Å². The van der Waals surface area contributed by atoms with Gasteiger partial charge < -0.3 is 13.9 Å². The third-order valence-electron chi connectivity index (χ3n) is 11.2. The van der Waals surface area contributed by atoms with E-state index in [2.05, 4.69) is 210 Å². The number of benzene rings is 8. The number of rotatable bonds is 6. The number of hydrogen-bond acceptors (Lipinski definition) is 2. The smallest absolute Gasteiger partial charge is 0.134 e. The van der Waals surface area contributed by atoms with Crippen LogP contribution in [0.3, 0.4) is 0 Å². The highest BCUT2D eigenvalue weighted by Gasteiger charge is 2.20. The normalized spacial score (nSPS) is 12.6. The number of furan rings is 1. The van der Waals surface area contributed by atoms with Gasteiger partial charge >= 0.3 is 0 Å². The predicted octanol–water partition coefficient (Wildman–Crippen LogP) is 14.3. The van der Waals surface area contributed by atoms with E-state index >= 15 is 0 Å². The Balaban J connectivity index is 0.998. The number of para-hydroxylation sites is 2. The molecule has 0 aliphatic heterocycles. The van der Waals surface area contributed by atoms with Crippen molar-refractivity contribution in [3.63, 3.8) is 0 Å². The fraction of sp³-hybridized carbons (Fsp3) is 0.0189. The van der Waals surface area contributed by atoms with Gasteiger partial charge in [-0.2, -0.15) is 0 Å². The summed E-state index contributed by atoms with van der Waals surface area (Å²) in [5.74, 6) is 0.993. The van der Waals surface area contributed by atoms with Gasteiger partial charge in [0.2, 0.25) is 0 Å². The van der Waals surface area contributed by atoms with E-state index in [9.17, 15) is 0 Å². The fourth-order valence-electron chi connectivity index (χ4n) is 8.48. The molecule has 0 radical (unpaired) electrons. The molecule has 0 amide bonds. The van der Waals surface area contributed by atoms with E-state index in [-0.39, 0.29) is 0 Å². The van der Waals surface area contributed by atoms with Gasteiger partial charge in [0.15, 0.2) is 0 Å². The van der Waals surface area contributed by atoms with E-state index in [4.69, 9.17) is 4.42 Å². The second-order valence-corrected chi connectivity index (χ2v) is 14.5. The molecule has 0 unspecified atom stereocenters. The Kier molecular flexibility index (Phi) is 7.56. The Morgan fingerprint density at radius 3 is 1.96 bits per heavy atom. The van der Waals surface area contributed by atoms with Crippen molar-refractivity contribution in [3.8, 4) is 27.9 Å². The Morgan fingerprint density at radius 1 is 0.464 bits per heavy atom. The number of fused-ring (bicyclic) bond motifs is 7. The van der Waals surface area contributed by atoms with Crippen molar-refractivity contribution in [3.05, 3.63) is 217 Å². The second-order valence-electron chi connectivity index (χ2n) is 14.5. The van der Waals surface area contributed by atoms with Gasteiger partial charge in [-0.1, -0.05) is 133 Å². The number of anilines is 2. The molecular weight excluding hydrogens is 681 g/mol. The minimum atomic E-state index is 0.742. The van der Waals surface area contributed by atoms with Crippen molar-refractivity contribution in [1.82, 2.24) is 4.57 Å². The zero-order valence-electron chi connectivity index (χ0n) is 30.6. The van der Waals surface area contributed by atoms with Gasteiger partial charge in [0.25, 0.3) is 0 Å². The van der Waals surface area contributed by atoms with Gasteiger partial charge in [-0.3, -0.25) is 0 Å². The molecule has 0 bridgehead atoms. The highest BCUT2D eigenvalue weighted by Crippen LogP contribution is 2.40. The molecule has 0 saturated carbocycles. The molecule has 264 valence electrons. The number of aromatic nitrogens is 1. The monoisotopic (exact) mass is 716 g/mol. The third kappa shape index (κ3) is 5.44. The van der Waals surface area contributed by atoms with Gasteiger partial charge in [-0.25, -0.2) is 0 Å². The van der Waals surface area contributed by atoms with Gasteiger partial charge in [-0.05, 0) is 106 Å². The van der Waals surface area contributed by atoms with Crippen molar-refractivity contribution >= 4 is 61.0 Å². The largest absolute Gasteiger partial charge is 0.460 e. The van der Waals surface area contributed by atoms with Gasteiger partial charge in [0.1, 0.15) is 11.3 Å². The Bertz CT molecular complexity index is 3140. The minimum Gasteiger partial charge on any atom is -0.460 e. The van der Waals surface area contributed by atoms with Crippen LogP contribution in [0.5, 0.6) is 0 Å². The van der Waals surface area contributed by atoms with Gasteiger partial charge in [-0.15, -0.1) is 0 Å². The van der Waals surface area contributed by atoms with Crippen LogP contribution in [0.1, 0.15) is 11.3 Å². The first kappa shape index (κ1) is 32.1. The Hall–Kier alpha value is -7.36. The van der Waals surface area contributed by atoms with Crippen LogP contribution in [0.2, 0.25) is 0 Å². The summed E-state index contributed by atoms with van der Waals surface area (Å²) in [4.78, 5) is 2.36. The summed E-state index contributed by atoms with van der Waals surface area (Å²) in [7, 11) is 0. The highest BCUT2D eigenvalue weighted by molar-refractivity contribution is 6.10. The molecule has 3 nitrogen and oxygen atoms in total. The van der Waals surface area contributed by atoms with E-state index in [0.717, 1.165) is 51.5 Å². The third-order valence-corrected chi connectivity index (χ3v) is 11.2. The fourth-order valence-corrected chi connectivity index (χ4v) is 8.48. The van der Waals surface area contributed by atoms with E-state index in [1.165, 1.54) is 54.8 Å². The lowest BCUT2D eigenvalue weighted by atomic mass is 10.0. The summed E-state index contributed by atoms with van der Waals surface area (Å²) in [6, 6.07) is 67.7. The molecule has 56 heavy (non-hydrogen) atoms. The standard InChI is InChI=1S/C53H36N2O/c1-2-11-36(12-3-1)38-21-29-43(30-22-38)55-50-18-8-6-16-46(50)48-34-41(26-32-51(48)55)39-23-27-42(28-24-39)54(45-31-25-37-13-4-5-14-40(37)33-45)44-15-10-20-53-49(35-44)47-17-7-9-19-52(47)56-53/h1-19,21-35H,20H2. The molecule has 10 aromatic rings. The Morgan fingerprint density at radius 2 is 1.11 bits per heavy atom. The second kappa shape index (κ2) is 13.2. The molecule has 0 fully saturated rings. The maximum Gasteiger partial charge on any atom is 0.134 e. The van der Waals surface area contributed by atoms with Gasteiger partial charge in [0.05, 0.1) is 11.0 Å². The number of hydrogen-bond donors (Lipinski definition) is 0. The first-order chi connectivity index (χ1) is 27.7. The van der Waals surface area contributed by atoms with Crippen molar-refractivity contribution in [2.75, 3.05) is 4.90 Å². The summed E-state index contributed by atoms with van der Waals surface area (Å²) < 4.78 is 8.71. The lowest BCUT2D eigenvalue weighted by Gasteiger charge is -2.27. The maximum atomic E-state index is 6.32. The number of allylic oxidation sites excluding steroid dienone is 2. The van der Waals surface area contributed by atoms with E-state index in [1.54, 1.807) is 0 Å². The van der Waals surface area contributed by atoms with Crippen LogP contribution < -0.4 is 4.90 Å². The summed E-state index contributed by atoms with van der Waals surface area (Å²) in [5.41, 5.74) is 13.7. The van der Waals surface area contributed by atoms with Crippen molar-refractivity contribution in [1.29, 1.82) is 0 Å². The maximum absolute atomic E-state index is 6.32. The van der Waals surface area contributed by atoms with Crippen LogP contribution in [0.4, 0.5) is 11.4 Å². The summed E-state index contributed by atoms with van der Waals surface area (Å²) >= 11 is 0. The molecule has 11 rings (SSSR count). The molecule has 0 atom stereocenters. The SMILES string of the molecule is C1=CC(N(c2ccc(-c3ccc4c(c3)c3ccccc3n4-c3ccc(-c4ccccc4)cc3)cc2)c2ccc3ccccc3c2)=Cc2c(oc3ccccc23)C1. The van der Waals surface area contributed by atoms with Crippen molar-refractivity contribution < 1.29 is 4.42 Å². The lowest BCUT2D eigenvalue weighted by molar-refractivity contribution is 0.564. The lowest BCUT2D eigenvalue weighted by Crippen LogP contribution is -2.15. The quantitative estimate of drug-likeness (QED) is 0.171. The predicted molar refractivity (Wildman–Crippen MR) is 235 cm³/mol. The zero-order valence-corrected chi connectivity index (χ0v) is 30.6. The van der Waals surface area contributed by atoms with E-state index in [1.807, 2.05) is 6.07 Å². The van der Waals surface area contributed by atoms with Crippen LogP contribution >= 0.6 is 0 Å². The van der Waals surface area contributed by atoms with Crippen LogP contribution in [-0.2, 0) is 6.42 Å². The molecule has 0 spiro atoms. The van der Waals surface area contributed by atoms with Crippen molar-refractivity contribution in [2.24, 2.45) is 0 Å². The highest BCUT2D eigenvalue weighted by atomic mass is 16.3. The van der Waals surface area contributed by atoms with Crippen molar-refractivity contribution in [2.45, 2.75) is 6.42 Å². The first-order valence-corrected chi connectivity index (χ1v) is 19.2. The zero-order chi connectivity index (χ0) is 37.0.